The van der Waals surface area contributed by atoms with Crippen LogP contribution in [0.3, 0.4) is 0 Å². The zero-order chi connectivity index (χ0) is 16.0. The normalized spacial score (nSPS) is 11.7. The molecule has 2 aromatic heterocycles. The standard InChI is InChI=1S/C20H16FNS/c1-12(2)13-8-9-22-18(10-13)16-5-3-4-15-17-11-14(21)6-7-19(17)23-20(15)16/h3-12H,1-2H3. The molecule has 4 rings (SSSR count). The third kappa shape index (κ3) is 2.41. The number of rotatable bonds is 2. The van der Waals surface area contributed by atoms with Gasteiger partial charge in [-0.25, -0.2) is 4.39 Å². The maximum absolute atomic E-state index is 13.6. The van der Waals surface area contributed by atoms with E-state index in [1.807, 2.05) is 18.3 Å². The van der Waals surface area contributed by atoms with Crippen molar-refractivity contribution in [1.29, 1.82) is 0 Å². The first-order chi connectivity index (χ1) is 11.1. The molecular weight excluding hydrogens is 305 g/mol. The fourth-order valence-corrected chi connectivity index (χ4v) is 4.13. The predicted octanol–water partition coefficient (Wildman–Crippen LogP) is 6.38. The average Bonchev–Trinajstić information content (AvgIpc) is 2.93. The summed E-state index contributed by atoms with van der Waals surface area (Å²) in [6, 6.07) is 15.4. The van der Waals surface area contributed by atoms with Gasteiger partial charge in [-0.2, -0.15) is 0 Å². The second kappa shape index (κ2) is 5.43. The van der Waals surface area contributed by atoms with E-state index in [0.717, 1.165) is 26.7 Å². The van der Waals surface area contributed by atoms with Crippen LogP contribution in [0.4, 0.5) is 4.39 Å². The Hall–Kier alpha value is -2.26. The van der Waals surface area contributed by atoms with E-state index < -0.39 is 0 Å². The molecule has 2 aromatic carbocycles. The fraction of sp³-hybridized carbons (Fsp3) is 0.150. The molecule has 0 aliphatic rings. The lowest BCUT2D eigenvalue weighted by molar-refractivity contribution is 0.630. The van der Waals surface area contributed by atoms with Gasteiger partial charge in [-0.15, -0.1) is 11.3 Å². The van der Waals surface area contributed by atoms with Crippen LogP contribution >= 0.6 is 11.3 Å². The summed E-state index contributed by atoms with van der Waals surface area (Å²) in [6.45, 7) is 4.36. The van der Waals surface area contributed by atoms with Crippen LogP contribution in [0.2, 0.25) is 0 Å². The Balaban J connectivity index is 2.01. The largest absolute Gasteiger partial charge is 0.256 e. The molecule has 0 unspecified atom stereocenters. The molecule has 0 aliphatic carbocycles. The molecule has 4 aromatic rings. The minimum absolute atomic E-state index is 0.192. The lowest BCUT2D eigenvalue weighted by Gasteiger charge is -2.08. The summed E-state index contributed by atoms with van der Waals surface area (Å²) < 4.78 is 15.9. The van der Waals surface area contributed by atoms with E-state index in [9.17, 15) is 4.39 Å². The lowest BCUT2D eigenvalue weighted by Crippen LogP contribution is -1.90. The molecule has 0 N–H and O–H groups in total. The van der Waals surface area contributed by atoms with E-state index in [1.165, 1.54) is 16.3 Å². The van der Waals surface area contributed by atoms with Crippen LogP contribution < -0.4 is 0 Å². The molecule has 114 valence electrons. The number of benzene rings is 2. The summed E-state index contributed by atoms with van der Waals surface area (Å²) in [6.07, 6.45) is 1.87. The van der Waals surface area contributed by atoms with Crippen LogP contribution in [0.15, 0.2) is 54.7 Å². The van der Waals surface area contributed by atoms with Gasteiger partial charge in [0.1, 0.15) is 5.82 Å². The molecule has 23 heavy (non-hydrogen) atoms. The smallest absolute Gasteiger partial charge is 0.123 e. The van der Waals surface area contributed by atoms with Crippen LogP contribution in [0, 0.1) is 5.82 Å². The van der Waals surface area contributed by atoms with Gasteiger partial charge >= 0.3 is 0 Å². The number of nitrogens with zero attached hydrogens (tertiary/aromatic N) is 1. The minimum atomic E-state index is -0.192. The molecule has 1 nitrogen and oxygen atoms in total. The first-order valence-corrected chi connectivity index (χ1v) is 8.52. The molecule has 3 heteroatoms. The maximum atomic E-state index is 13.6. The summed E-state index contributed by atoms with van der Waals surface area (Å²) >= 11 is 1.70. The highest BCUT2D eigenvalue weighted by molar-refractivity contribution is 7.26. The van der Waals surface area contributed by atoms with Gasteiger partial charge in [-0.1, -0.05) is 32.0 Å². The first kappa shape index (κ1) is 14.3. The Morgan fingerprint density at radius 3 is 2.70 bits per heavy atom. The average molecular weight is 321 g/mol. The molecule has 0 bridgehead atoms. The Labute approximate surface area is 138 Å². The third-order valence-corrected chi connectivity index (χ3v) is 5.41. The molecular formula is C20H16FNS. The molecule has 0 amide bonds. The summed E-state index contributed by atoms with van der Waals surface area (Å²) in [5, 5.41) is 2.07. The number of hydrogen-bond donors (Lipinski definition) is 0. The van der Waals surface area contributed by atoms with E-state index in [4.69, 9.17) is 0 Å². The molecule has 0 saturated heterocycles. The number of aromatic nitrogens is 1. The quantitative estimate of drug-likeness (QED) is 0.417. The fourth-order valence-electron chi connectivity index (χ4n) is 2.93. The van der Waals surface area contributed by atoms with Crippen molar-refractivity contribution in [3.63, 3.8) is 0 Å². The van der Waals surface area contributed by atoms with E-state index in [-0.39, 0.29) is 5.82 Å². The number of halogens is 1. The van der Waals surface area contributed by atoms with Crippen molar-refractivity contribution in [1.82, 2.24) is 4.98 Å². The zero-order valence-corrected chi connectivity index (χ0v) is 13.8. The van der Waals surface area contributed by atoms with Crippen molar-refractivity contribution in [3.8, 4) is 11.3 Å². The second-order valence-electron chi connectivity index (χ2n) is 6.05. The van der Waals surface area contributed by atoms with Gasteiger partial charge in [0.05, 0.1) is 5.69 Å². The van der Waals surface area contributed by atoms with E-state index in [1.54, 1.807) is 17.4 Å². The number of fused-ring (bicyclic) bond motifs is 3. The molecule has 0 radical (unpaired) electrons. The lowest BCUT2D eigenvalue weighted by atomic mass is 10.0. The Morgan fingerprint density at radius 2 is 1.87 bits per heavy atom. The first-order valence-electron chi connectivity index (χ1n) is 7.70. The zero-order valence-electron chi connectivity index (χ0n) is 13.0. The maximum Gasteiger partial charge on any atom is 0.123 e. The van der Waals surface area contributed by atoms with Gasteiger partial charge < -0.3 is 0 Å². The van der Waals surface area contributed by atoms with Gasteiger partial charge in [0, 0.05) is 31.9 Å². The molecule has 0 atom stereocenters. The minimum Gasteiger partial charge on any atom is -0.256 e. The van der Waals surface area contributed by atoms with Crippen LogP contribution in [0.5, 0.6) is 0 Å². The Bertz CT molecular complexity index is 1020. The second-order valence-corrected chi connectivity index (χ2v) is 7.11. The van der Waals surface area contributed by atoms with Crippen molar-refractivity contribution < 1.29 is 4.39 Å². The van der Waals surface area contributed by atoms with Gasteiger partial charge in [0.25, 0.3) is 0 Å². The summed E-state index contributed by atoms with van der Waals surface area (Å²) in [5.41, 5.74) is 3.37. The summed E-state index contributed by atoms with van der Waals surface area (Å²) in [4.78, 5) is 4.56. The van der Waals surface area contributed by atoms with Crippen LogP contribution in [-0.4, -0.2) is 4.98 Å². The molecule has 0 fully saturated rings. The predicted molar refractivity (Wildman–Crippen MR) is 96.6 cm³/mol. The van der Waals surface area contributed by atoms with Crippen molar-refractivity contribution in [2.24, 2.45) is 0 Å². The van der Waals surface area contributed by atoms with Gasteiger partial charge in [0.15, 0.2) is 0 Å². The molecule has 0 spiro atoms. The van der Waals surface area contributed by atoms with Crippen molar-refractivity contribution in [2.75, 3.05) is 0 Å². The van der Waals surface area contributed by atoms with Gasteiger partial charge in [-0.05, 0) is 41.8 Å². The number of hydrogen-bond acceptors (Lipinski definition) is 2. The third-order valence-electron chi connectivity index (χ3n) is 4.19. The molecule has 0 aliphatic heterocycles. The summed E-state index contributed by atoms with van der Waals surface area (Å²) in [5.74, 6) is 0.273. The van der Waals surface area contributed by atoms with E-state index >= 15 is 0 Å². The van der Waals surface area contributed by atoms with Crippen LogP contribution in [0.1, 0.15) is 25.3 Å². The van der Waals surface area contributed by atoms with E-state index in [0.29, 0.717) is 5.92 Å². The summed E-state index contributed by atoms with van der Waals surface area (Å²) in [7, 11) is 0. The highest BCUT2D eigenvalue weighted by Gasteiger charge is 2.12. The monoisotopic (exact) mass is 321 g/mol. The number of pyridine rings is 1. The van der Waals surface area contributed by atoms with Crippen molar-refractivity contribution in [3.05, 3.63) is 66.1 Å². The van der Waals surface area contributed by atoms with Gasteiger partial charge in [0.2, 0.25) is 0 Å². The number of thiophene rings is 1. The SMILES string of the molecule is CC(C)c1ccnc(-c2cccc3c2sc2ccc(F)cc23)c1. The van der Waals surface area contributed by atoms with Crippen molar-refractivity contribution in [2.45, 2.75) is 19.8 Å². The molecule has 2 heterocycles. The van der Waals surface area contributed by atoms with Crippen molar-refractivity contribution >= 4 is 31.5 Å². The highest BCUT2D eigenvalue weighted by Crippen LogP contribution is 2.39. The van der Waals surface area contributed by atoms with E-state index in [2.05, 4.69) is 43.1 Å². The van der Waals surface area contributed by atoms with Crippen LogP contribution in [0.25, 0.3) is 31.4 Å². The van der Waals surface area contributed by atoms with Gasteiger partial charge in [-0.3, -0.25) is 4.98 Å². The van der Waals surface area contributed by atoms with Crippen LogP contribution in [-0.2, 0) is 0 Å². The Morgan fingerprint density at radius 1 is 1.00 bits per heavy atom. The molecule has 0 saturated carbocycles. The topological polar surface area (TPSA) is 12.9 Å². The highest BCUT2D eigenvalue weighted by atomic mass is 32.1. The Kier molecular flexibility index (Phi) is 3.38.